The molecule has 0 aliphatic carbocycles. The molecule has 0 unspecified atom stereocenters. The third-order valence-corrected chi connectivity index (χ3v) is 3.78. The van der Waals surface area contributed by atoms with Crippen molar-refractivity contribution in [2.24, 2.45) is 0 Å². The maximum absolute atomic E-state index is 5.81. The van der Waals surface area contributed by atoms with Crippen LogP contribution in [0, 0.1) is 0 Å². The minimum Gasteiger partial charge on any atom is -0.490 e. The number of ether oxygens (including phenoxy) is 2. The smallest absolute Gasteiger partial charge is 0.133 e. The molecule has 0 aromatic heterocycles. The third-order valence-electron chi connectivity index (χ3n) is 3.01. The first-order valence-corrected chi connectivity index (χ1v) is 8.18. The molecule has 0 aliphatic rings. The quantitative estimate of drug-likeness (QED) is 0.596. The first-order valence-electron chi connectivity index (χ1n) is 6.96. The Morgan fingerprint density at radius 3 is 2.24 bits per heavy atom. The highest BCUT2D eigenvalue weighted by Crippen LogP contribution is 2.26. The van der Waals surface area contributed by atoms with Gasteiger partial charge in [0.1, 0.15) is 24.7 Å². The largest absolute Gasteiger partial charge is 0.490 e. The van der Waals surface area contributed by atoms with Gasteiger partial charge in [0.2, 0.25) is 0 Å². The van der Waals surface area contributed by atoms with E-state index in [-0.39, 0.29) is 0 Å². The Morgan fingerprint density at radius 1 is 0.905 bits per heavy atom. The zero-order chi connectivity index (χ0) is 14.9. The van der Waals surface area contributed by atoms with E-state index in [0.29, 0.717) is 13.2 Å². The van der Waals surface area contributed by atoms with Gasteiger partial charge in [-0.2, -0.15) is 0 Å². The number of nitrogens with one attached hydrogen (secondary N) is 1. The molecule has 0 heterocycles. The van der Waals surface area contributed by atoms with Crippen molar-refractivity contribution in [3.8, 4) is 11.5 Å². The molecule has 0 aliphatic heterocycles. The van der Waals surface area contributed by atoms with Crippen molar-refractivity contribution in [3.63, 3.8) is 0 Å². The molecule has 0 spiro atoms. The van der Waals surface area contributed by atoms with E-state index in [4.69, 9.17) is 9.47 Å². The summed E-state index contributed by atoms with van der Waals surface area (Å²) in [5, 5.41) is 3.14. The van der Waals surface area contributed by atoms with Gasteiger partial charge < -0.3 is 14.8 Å². The molecule has 0 amide bonds. The SMILES string of the molecule is CNCc1ccccc1OCCOc1ccccc1SC. The van der Waals surface area contributed by atoms with E-state index >= 15 is 0 Å². The number of rotatable bonds is 8. The van der Waals surface area contributed by atoms with E-state index in [9.17, 15) is 0 Å². The highest BCUT2D eigenvalue weighted by atomic mass is 32.2. The van der Waals surface area contributed by atoms with Crippen LogP contribution in [0.5, 0.6) is 11.5 Å². The molecule has 112 valence electrons. The summed E-state index contributed by atoms with van der Waals surface area (Å²) in [6.07, 6.45) is 2.05. The summed E-state index contributed by atoms with van der Waals surface area (Å²) in [4.78, 5) is 1.15. The van der Waals surface area contributed by atoms with Gasteiger partial charge in [0.15, 0.2) is 0 Å². The summed E-state index contributed by atoms with van der Waals surface area (Å²) in [5.41, 5.74) is 1.16. The molecule has 0 fully saturated rings. The molecule has 0 saturated carbocycles. The topological polar surface area (TPSA) is 30.5 Å². The molecular weight excluding hydrogens is 282 g/mol. The Morgan fingerprint density at radius 2 is 1.52 bits per heavy atom. The van der Waals surface area contributed by atoms with Crippen LogP contribution < -0.4 is 14.8 Å². The zero-order valence-corrected chi connectivity index (χ0v) is 13.3. The van der Waals surface area contributed by atoms with Gasteiger partial charge >= 0.3 is 0 Å². The second kappa shape index (κ2) is 8.60. The monoisotopic (exact) mass is 303 g/mol. The second-order valence-corrected chi connectivity index (χ2v) is 5.33. The Bertz CT molecular complexity index is 560. The van der Waals surface area contributed by atoms with Gasteiger partial charge in [-0.15, -0.1) is 11.8 Å². The average Bonchev–Trinajstić information content (AvgIpc) is 2.53. The summed E-state index contributed by atoms with van der Waals surface area (Å²) < 4.78 is 11.6. The molecular formula is C17H21NO2S. The number of hydrogen-bond acceptors (Lipinski definition) is 4. The standard InChI is InChI=1S/C17H21NO2S/c1-18-13-14-7-3-4-8-15(14)19-11-12-20-16-9-5-6-10-17(16)21-2/h3-10,18H,11-13H2,1-2H3. The van der Waals surface area contributed by atoms with Crippen LogP contribution in [0.25, 0.3) is 0 Å². The molecule has 0 bridgehead atoms. The molecule has 2 aromatic rings. The van der Waals surface area contributed by atoms with E-state index < -0.39 is 0 Å². The molecule has 0 radical (unpaired) electrons. The van der Waals surface area contributed by atoms with Crippen LogP contribution in [0.1, 0.15) is 5.56 Å². The maximum atomic E-state index is 5.81. The maximum Gasteiger partial charge on any atom is 0.133 e. The average molecular weight is 303 g/mol. The van der Waals surface area contributed by atoms with E-state index in [1.807, 2.05) is 49.7 Å². The predicted molar refractivity (Wildman–Crippen MR) is 88.4 cm³/mol. The molecule has 2 rings (SSSR count). The van der Waals surface area contributed by atoms with Crippen molar-refractivity contribution in [3.05, 3.63) is 54.1 Å². The fraction of sp³-hybridized carbons (Fsp3) is 0.294. The Labute approximate surface area is 130 Å². The fourth-order valence-corrected chi connectivity index (χ4v) is 2.57. The molecule has 21 heavy (non-hydrogen) atoms. The molecule has 2 aromatic carbocycles. The second-order valence-electron chi connectivity index (χ2n) is 4.49. The molecule has 4 heteroatoms. The minimum absolute atomic E-state index is 0.531. The first kappa shape index (κ1) is 15.7. The summed E-state index contributed by atoms with van der Waals surface area (Å²) in [7, 11) is 1.93. The molecule has 0 saturated heterocycles. The Balaban J connectivity index is 1.85. The van der Waals surface area contributed by atoms with E-state index in [1.165, 1.54) is 0 Å². The van der Waals surface area contributed by atoms with E-state index in [1.54, 1.807) is 11.8 Å². The normalized spacial score (nSPS) is 10.4. The molecule has 0 atom stereocenters. The third kappa shape index (κ3) is 4.69. The molecule has 1 N–H and O–H groups in total. The Kier molecular flexibility index (Phi) is 6.44. The first-order chi connectivity index (χ1) is 10.3. The lowest BCUT2D eigenvalue weighted by molar-refractivity contribution is 0.213. The van der Waals surface area contributed by atoms with Crippen LogP contribution >= 0.6 is 11.8 Å². The van der Waals surface area contributed by atoms with Gasteiger partial charge in [-0.25, -0.2) is 0 Å². The molecule has 3 nitrogen and oxygen atoms in total. The lowest BCUT2D eigenvalue weighted by Gasteiger charge is -2.13. The number of hydrogen-bond donors (Lipinski definition) is 1. The van der Waals surface area contributed by atoms with Gasteiger partial charge in [0.25, 0.3) is 0 Å². The van der Waals surface area contributed by atoms with Crippen molar-refractivity contribution in [2.45, 2.75) is 11.4 Å². The summed E-state index contributed by atoms with van der Waals surface area (Å²) >= 11 is 1.68. The van der Waals surface area contributed by atoms with Crippen LogP contribution in [0.15, 0.2) is 53.4 Å². The lowest BCUT2D eigenvalue weighted by Crippen LogP contribution is -2.12. The van der Waals surface area contributed by atoms with Crippen LogP contribution in [0.3, 0.4) is 0 Å². The number of para-hydroxylation sites is 2. The highest BCUT2D eigenvalue weighted by molar-refractivity contribution is 7.98. The van der Waals surface area contributed by atoms with Crippen molar-refractivity contribution in [2.75, 3.05) is 26.5 Å². The van der Waals surface area contributed by atoms with Gasteiger partial charge in [0, 0.05) is 17.0 Å². The van der Waals surface area contributed by atoms with Crippen LogP contribution in [0.2, 0.25) is 0 Å². The van der Waals surface area contributed by atoms with Crippen molar-refractivity contribution >= 4 is 11.8 Å². The van der Waals surface area contributed by atoms with E-state index in [2.05, 4.69) is 17.4 Å². The van der Waals surface area contributed by atoms with Crippen molar-refractivity contribution in [1.29, 1.82) is 0 Å². The lowest BCUT2D eigenvalue weighted by atomic mass is 10.2. The van der Waals surface area contributed by atoms with Crippen molar-refractivity contribution in [1.82, 2.24) is 5.32 Å². The van der Waals surface area contributed by atoms with E-state index in [0.717, 1.165) is 28.5 Å². The van der Waals surface area contributed by atoms with Crippen LogP contribution in [-0.2, 0) is 6.54 Å². The van der Waals surface area contributed by atoms with Gasteiger partial charge in [0.05, 0.1) is 0 Å². The van der Waals surface area contributed by atoms with Gasteiger partial charge in [-0.3, -0.25) is 0 Å². The minimum atomic E-state index is 0.531. The van der Waals surface area contributed by atoms with Crippen molar-refractivity contribution < 1.29 is 9.47 Å². The van der Waals surface area contributed by atoms with Gasteiger partial charge in [-0.1, -0.05) is 30.3 Å². The predicted octanol–water partition coefficient (Wildman–Crippen LogP) is 3.59. The number of thioether (sulfide) groups is 1. The summed E-state index contributed by atoms with van der Waals surface area (Å²) in [6, 6.07) is 16.1. The zero-order valence-electron chi connectivity index (χ0n) is 12.5. The number of benzene rings is 2. The highest BCUT2D eigenvalue weighted by Gasteiger charge is 2.03. The fourth-order valence-electron chi connectivity index (χ4n) is 2.02. The van der Waals surface area contributed by atoms with Crippen LogP contribution in [-0.4, -0.2) is 26.5 Å². The Hall–Kier alpha value is -1.65. The summed E-state index contributed by atoms with van der Waals surface area (Å²) in [6.45, 7) is 1.86. The van der Waals surface area contributed by atoms with Gasteiger partial charge in [-0.05, 0) is 31.5 Å². The van der Waals surface area contributed by atoms with Crippen LogP contribution in [0.4, 0.5) is 0 Å². The summed E-state index contributed by atoms with van der Waals surface area (Å²) in [5.74, 6) is 1.82.